The Morgan fingerprint density at radius 3 is 2.94 bits per heavy atom. The van der Waals surface area contributed by atoms with Crippen LogP contribution in [-0.4, -0.2) is 36.9 Å². The van der Waals surface area contributed by atoms with E-state index in [1.165, 1.54) is 0 Å². The van der Waals surface area contributed by atoms with Crippen molar-refractivity contribution in [2.45, 2.75) is 32.9 Å². The van der Waals surface area contributed by atoms with Crippen LogP contribution in [0.5, 0.6) is 0 Å². The quantitative estimate of drug-likeness (QED) is 0.762. The summed E-state index contributed by atoms with van der Waals surface area (Å²) < 4.78 is 1.86. The molecule has 2 rings (SSSR count). The third-order valence-electron chi connectivity index (χ3n) is 2.57. The summed E-state index contributed by atoms with van der Waals surface area (Å²) in [7, 11) is 0. The number of hydrogen-bond donors (Lipinski definition) is 2. The van der Waals surface area contributed by atoms with Gasteiger partial charge in [-0.15, -0.1) is 5.10 Å². The number of aromatic amines is 1. The van der Waals surface area contributed by atoms with Gasteiger partial charge in [-0.1, -0.05) is 12.1 Å². The molecule has 0 amide bonds. The third kappa shape index (κ3) is 2.50. The first-order valence-corrected chi connectivity index (χ1v) is 5.84. The fourth-order valence-electron chi connectivity index (χ4n) is 1.73. The topological polar surface area (TPSA) is 84.3 Å². The number of nitrogens with zero attached hydrogens (tertiary/aromatic N) is 5. The highest BCUT2D eigenvalue weighted by Gasteiger charge is 2.20. The van der Waals surface area contributed by atoms with Gasteiger partial charge in [0.15, 0.2) is 0 Å². The van der Waals surface area contributed by atoms with Crippen LogP contribution in [0.1, 0.15) is 37.7 Å². The Balaban J connectivity index is 2.27. The van der Waals surface area contributed by atoms with Gasteiger partial charge in [0, 0.05) is 6.54 Å². The van der Waals surface area contributed by atoms with E-state index in [4.69, 9.17) is 0 Å². The Hall–Kier alpha value is -1.76. The molecule has 2 N–H and O–H groups in total. The van der Waals surface area contributed by atoms with E-state index in [0.717, 1.165) is 30.9 Å². The van der Waals surface area contributed by atoms with Gasteiger partial charge < -0.3 is 5.32 Å². The van der Waals surface area contributed by atoms with Crippen LogP contribution >= 0.6 is 0 Å². The summed E-state index contributed by atoms with van der Waals surface area (Å²) in [5.74, 6) is 0. The molecule has 17 heavy (non-hydrogen) atoms. The number of H-pyrrole nitrogens is 1. The molecule has 0 aliphatic carbocycles. The summed E-state index contributed by atoms with van der Waals surface area (Å²) in [6, 6.07) is -0.0105. The lowest BCUT2D eigenvalue weighted by Crippen LogP contribution is -2.26. The fraction of sp³-hybridized carbons (Fsp3) is 0.600. The highest BCUT2D eigenvalue weighted by atomic mass is 15.4. The molecule has 2 aromatic heterocycles. The van der Waals surface area contributed by atoms with Gasteiger partial charge in [-0.2, -0.15) is 15.4 Å². The molecule has 7 heteroatoms. The smallest absolute Gasteiger partial charge is 0.106 e. The first-order valence-electron chi connectivity index (χ1n) is 5.84. The Kier molecular flexibility index (Phi) is 3.81. The van der Waals surface area contributed by atoms with Crippen molar-refractivity contribution in [1.82, 2.24) is 35.7 Å². The van der Waals surface area contributed by atoms with Crippen molar-refractivity contribution in [2.75, 3.05) is 6.54 Å². The maximum absolute atomic E-state index is 4.13. The molecule has 2 aromatic rings. The molecule has 92 valence electrons. The van der Waals surface area contributed by atoms with Crippen molar-refractivity contribution in [3.63, 3.8) is 0 Å². The Bertz CT molecular complexity index is 433. The van der Waals surface area contributed by atoms with Crippen molar-refractivity contribution in [3.8, 4) is 0 Å². The molecule has 0 bridgehead atoms. The van der Waals surface area contributed by atoms with Crippen LogP contribution in [0.4, 0.5) is 0 Å². The first-order chi connectivity index (χ1) is 8.36. The number of hydrogen-bond acceptors (Lipinski definition) is 5. The number of aryl methyl sites for hydroxylation is 1. The van der Waals surface area contributed by atoms with Crippen LogP contribution in [-0.2, 0) is 6.54 Å². The maximum Gasteiger partial charge on any atom is 0.106 e. The van der Waals surface area contributed by atoms with Gasteiger partial charge in [0.25, 0.3) is 0 Å². The van der Waals surface area contributed by atoms with E-state index in [-0.39, 0.29) is 6.04 Å². The van der Waals surface area contributed by atoms with Crippen molar-refractivity contribution >= 4 is 0 Å². The zero-order chi connectivity index (χ0) is 12.1. The second-order valence-electron chi connectivity index (χ2n) is 3.76. The van der Waals surface area contributed by atoms with Gasteiger partial charge in [0.2, 0.25) is 0 Å². The summed E-state index contributed by atoms with van der Waals surface area (Å²) in [5.41, 5.74) is 1.87. The van der Waals surface area contributed by atoms with Crippen LogP contribution in [0.15, 0.2) is 12.4 Å². The molecule has 0 saturated carbocycles. The fourth-order valence-corrected chi connectivity index (χ4v) is 1.73. The van der Waals surface area contributed by atoms with Gasteiger partial charge in [-0.05, 0) is 19.9 Å². The third-order valence-corrected chi connectivity index (χ3v) is 2.57. The standard InChI is InChI=1S/C10H17N7/c1-3-5-11-10(8-6-12-15-14-8)9-7-13-16-17(9)4-2/h6-7,10-11H,3-5H2,1-2H3,(H,12,14,15). The zero-order valence-electron chi connectivity index (χ0n) is 10.1. The van der Waals surface area contributed by atoms with E-state index in [1.807, 2.05) is 11.6 Å². The van der Waals surface area contributed by atoms with Crippen molar-refractivity contribution in [2.24, 2.45) is 0 Å². The minimum atomic E-state index is -0.0105. The van der Waals surface area contributed by atoms with Crippen LogP contribution in [0.2, 0.25) is 0 Å². The molecular weight excluding hydrogens is 218 g/mol. The van der Waals surface area contributed by atoms with Gasteiger partial charge in [0.1, 0.15) is 5.69 Å². The van der Waals surface area contributed by atoms with Crippen molar-refractivity contribution < 1.29 is 0 Å². The molecule has 1 atom stereocenters. The summed E-state index contributed by atoms with van der Waals surface area (Å²) in [6.45, 7) is 5.87. The number of rotatable bonds is 6. The monoisotopic (exact) mass is 235 g/mol. The highest BCUT2D eigenvalue weighted by Crippen LogP contribution is 2.18. The molecule has 0 aliphatic heterocycles. The van der Waals surface area contributed by atoms with Crippen LogP contribution in [0.25, 0.3) is 0 Å². The van der Waals surface area contributed by atoms with Crippen LogP contribution in [0.3, 0.4) is 0 Å². The van der Waals surface area contributed by atoms with Crippen LogP contribution < -0.4 is 5.32 Å². The highest BCUT2D eigenvalue weighted by molar-refractivity contribution is 5.16. The molecular formula is C10H17N7. The van der Waals surface area contributed by atoms with E-state index in [0.29, 0.717) is 0 Å². The summed E-state index contributed by atoms with van der Waals surface area (Å²) in [5, 5.41) is 22.0. The van der Waals surface area contributed by atoms with E-state index in [9.17, 15) is 0 Å². The van der Waals surface area contributed by atoms with E-state index < -0.39 is 0 Å². The zero-order valence-corrected chi connectivity index (χ0v) is 10.1. The molecule has 0 fully saturated rings. The second kappa shape index (κ2) is 5.53. The second-order valence-corrected chi connectivity index (χ2v) is 3.76. The van der Waals surface area contributed by atoms with Crippen LogP contribution in [0, 0.1) is 0 Å². The summed E-state index contributed by atoms with van der Waals surface area (Å²) >= 11 is 0. The Labute approximate surface area is 99.6 Å². The van der Waals surface area contributed by atoms with Gasteiger partial charge in [-0.3, -0.25) is 0 Å². The molecule has 0 radical (unpaired) electrons. The SMILES string of the molecule is CCCNC(c1cn[nH]n1)c1cnnn1CC. The predicted molar refractivity (Wildman–Crippen MR) is 62.2 cm³/mol. The summed E-state index contributed by atoms with van der Waals surface area (Å²) in [4.78, 5) is 0. The lowest BCUT2D eigenvalue weighted by atomic mass is 10.1. The predicted octanol–water partition coefficient (Wildman–Crippen LogP) is 0.505. The Morgan fingerprint density at radius 2 is 2.29 bits per heavy atom. The van der Waals surface area contributed by atoms with Crippen molar-refractivity contribution in [3.05, 3.63) is 23.8 Å². The molecule has 0 spiro atoms. The minimum absolute atomic E-state index is 0.0105. The van der Waals surface area contributed by atoms with E-state index in [1.54, 1.807) is 12.4 Å². The van der Waals surface area contributed by atoms with Gasteiger partial charge >= 0.3 is 0 Å². The average molecular weight is 235 g/mol. The molecule has 2 heterocycles. The largest absolute Gasteiger partial charge is 0.304 e. The average Bonchev–Trinajstić information content (AvgIpc) is 3.00. The number of aromatic nitrogens is 6. The molecule has 0 aliphatic rings. The maximum atomic E-state index is 4.13. The Morgan fingerprint density at radius 1 is 1.41 bits per heavy atom. The minimum Gasteiger partial charge on any atom is -0.304 e. The lowest BCUT2D eigenvalue weighted by Gasteiger charge is -2.16. The normalized spacial score (nSPS) is 12.8. The van der Waals surface area contributed by atoms with E-state index in [2.05, 4.69) is 38.0 Å². The summed E-state index contributed by atoms with van der Waals surface area (Å²) in [6.07, 6.45) is 4.55. The molecule has 0 aromatic carbocycles. The van der Waals surface area contributed by atoms with Gasteiger partial charge in [-0.25, -0.2) is 4.68 Å². The molecule has 7 nitrogen and oxygen atoms in total. The molecule has 1 unspecified atom stereocenters. The van der Waals surface area contributed by atoms with E-state index >= 15 is 0 Å². The first kappa shape index (κ1) is 11.7. The lowest BCUT2D eigenvalue weighted by molar-refractivity contribution is 0.516. The van der Waals surface area contributed by atoms with Crippen molar-refractivity contribution in [1.29, 1.82) is 0 Å². The van der Waals surface area contributed by atoms with Gasteiger partial charge in [0.05, 0.1) is 24.1 Å². The molecule has 0 saturated heterocycles. The number of nitrogens with one attached hydrogen (secondary N) is 2.